The van der Waals surface area contributed by atoms with E-state index in [2.05, 4.69) is 6.07 Å². The van der Waals surface area contributed by atoms with E-state index in [1.54, 1.807) is 6.07 Å². The van der Waals surface area contributed by atoms with Crippen molar-refractivity contribution in [2.75, 3.05) is 0 Å². The Morgan fingerprint density at radius 2 is 1.35 bits per heavy atom. The molecule has 0 amide bonds. The van der Waals surface area contributed by atoms with Crippen molar-refractivity contribution >= 4 is 17.0 Å². The number of nitrogens with zero attached hydrogens (tertiary/aromatic N) is 1. The Labute approximate surface area is 153 Å². The van der Waals surface area contributed by atoms with Gasteiger partial charge in [-0.15, -0.1) is 0 Å². The van der Waals surface area contributed by atoms with E-state index in [9.17, 15) is 5.11 Å². The topological polar surface area (TPSA) is 32.6 Å². The van der Waals surface area contributed by atoms with Gasteiger partial charge in [-0.25, -0.2) is 0 Å². The molecule has 126 valence electrons. The molecule has 0 saturated carbocycles. The second kappa shape index (κ2) is 7.24. The molecule has 2 nitrogen and oxygen atoms in total. The number of aliphatic imine (C=N–C) groups is 1. The lowest BCUT2D eigenvalue weighted by Gasteiger charge is -2.17. The fourth-order valence-electron chi connectivity index (χ4n) is 3.23. The molecule has 0 bridgehead atoms. The van der Waals surface area contributed by atoms with E-state index < -0.39 is 0 Å². The number of phenols is 1. The van der Waals surface area contributed by atoms with Crippen LogP contribution in [0.3, 0.4) is 0 Å². The minimum atomic E-state index is -0.275. The molecular formula is C24H19NO. The summed E-state index contributed by atoms with van der Waals surface area (Å²) in [5.74, 6) is 0.266. The highest BCUT2D eigenvalue weighted by atomic mass is 16.3. The SMILES string of the molecule is Oc1ccc2ccccc2c1C(/N=C/c1ccccc1)c1ccccc1. The third kappa shape index (κ3) is 3.22. The van der Waals surface area contributed by atoms with Crippen molar-refractivity contribution in [3.8, 4) is 5.75 Å². The predicted molar refractivity (Wildman–Crippen MR) is 108 cm³/mol. The van der Waals surface area contributed by atoms with Gasteiger partial charge in [-0.1, -0.05) is 91.0 Å². The quantitative estimate of drug-likeness (QED) is 0.472. The van der Waals surface area contributed by atoms with E-state index in [1.807, 2.05) is 91.1 Å². The molecular weight excluding hydrogens is 318 g/mol. The van der Waals surface area contributed by atoms with Crippen molar-refractivity contribution in [1.82, 2.24) is 0 Å². The molecule has 0 spiro atoms. The molecule has 0 heterocycles. The van der Waals surface area contributed by atoms with Crippen LogP contribution in [0.1, 0.15) is 22.7 Å². The van der Waals surface area contributed by atoms with E-state index >= 15 is 0 Å². The van der Waals surface area contributed by atoms with Crippen molar-refractivity contribution in [3.63, 3.8) is 0 Å². The molecule has 1 atom stereocenters. The van der Waals surface area contributed by atoms with E-state index in [1.165, 1.54) is 0 Å². The predicted octanol–water partition coefficient (Wildman–Crippen LogP) is 5.75. The van der Waals surface area contributed by atoms with Crippen LogP contribution < -0.4 is 0 Å². The molecule has 0 aliphatic rings. The van der Waals surface area contributed by atoms with Crippen LogP contribution in [-0.2, 0) is 0 Å². The maximum atomic E-state index is 10.7. The van der Waals surface area contributed by atoms with Crippen LogP contribution in [-0.4, -0.2) is 11.3 Å². The first-order chi connectivity index (χ1) is 12.8. The summed E-state index contributed by atoms with van der Waals surface area (Å²) < 4.78 is 0. The molecule has 0 fully saturated rings. The summed E-state index contributed by atoms with van der Waals surface area (Å²) in [5.41, 5.74) is 2.92. The number of phenolic OH excluding ortho intramolecular Hbond substituents is 1. The van der Waals surface area contributed by atoms with Gasteiger partial charge >= 0.3 is 0 Å². The number of rotatable bonds is 4. The second-order valence-electron chi connectivity index (χ2n) is 6.22. The first kappa shape index (κ1) is 16.1. The largest absolute Gasteiger partial charge is 0.508 e. The molecule has 1 N–H and O–H groups in total. The number of aromatic hydroxyl groups is 1. The zero-order chi connectivity index (χ0) is 17.8. The third-order valence-electron chi connectivity index (χ3n) is 4.51. The standard InChI is InChI=1S/C24H19NO/c26-22-16-15-19-11-7-8-14-21(19)23(22)24(20-12-5-2-6-13-20)25-17-18-9-3-1-4-10-18/h1-17,24,26H/b25-17+. The Hall–Kier alpha value is -3.39. The average Bonchev–Trinajstić information content (AvgIpc) is 2.71. The maximum Gasteiger partial charge on any atom is 0.121 e. The zero-order valence-corrected chi connectivity index (χ0v) is 14.3. The molecule has 4 rings (SSSR count). The van der Waals surface area contributed by atoms with E-state index in [-0.39, 0.29) is 11.8 Å². The molecule has 0 saturated heterocycles. The lowest BCUT2D eigenvalue weighted by molar-refractivity contribution is 0.467. The molecule has 4 aromatic rings. The van der Waals surface area contributed by atoms with Gasteiger partial charge in [-0.2, -0.15) is 0 Å². The van der Waals surface area contributed by atoms with E-state index in [0.717, 1.165) is 27.5 Å². The summed E-state index contributed by atoms with van der Waals surface area (Å²) in [5, 5.41) is 12.8. The Morgan fingerprint density at radius 1 is 0.692 bits per heavy atom. The first-order valence-electron chi connectivity index (χ1n) is 8.67. The van der Waals surface area contributed by atoms with Gasteiger partial charge in [0.05, 0.1) is 0 Å². The summed E-state index contributed by atoms with van der Waals surface area (Å²) in [4.78, 5) is 4.86. The minimum absolute atomic E-state index is 0.266. The van der Waals surface area contributed by atoms with Crippen molar-refractivity contribution in [3.05, 3.63) is 114 Å². The highest BCUT2D eigenvalue weighted by molar-refractivity contribution is 5.89. The number of hydrogen-bond acceptors (Lipinski definition) is 2. The van der Waals surface area contributed by atoms with Crippen LogP contribution in [0.5, 0.6) is 5.75 Å². The van der Waals surface area contributed by atoms with Gasteiger partial charge in [-0.05, 0) is 28.0 Å². The molecule has 0 aliphatic heterocycles. The van der Waals surface area contributed by atoms with E-state index in [0.29, 0.717) is 0 Å². The molecule has 0 aliphatic carbocycles. The molecule has 1 unspecified atom stereocenters. The maximum absolute atomic E-state index is 10.7. The molecule has 4 aromatic carbocycles. The lowest BCUT2D eigenvalue weighted by Crippen LogP contribution is -2.01. The normalized spacial score (nSPS) is 12.5. The van der Waals surface area contributed by atoms with Crippen LogP contribution in [0, 0.1) is 0 Å². The fourth-order valence-corrected chi connectivity index (χ4v) is 3.23. The van der Waals surface area contributed by atoms with Crippen LogP contribution in [0.15, 0.2) is 102 Å². The smallest absolute Gasteiger partial charge is 0.121 e. The molecule has 0 radical (unpaired) electrons. The fraction of sp³-hybridized carbons (Fsp3) is 0.0417. The summed E-state index contributed by atoms with van der Waals surface area (Å²) in [6.45, 7) is 0. The Kier molecular flexibility index (Phi) is 4.48. The number of benzene rings is 4. The van der Waals surface area contributed by atoms with Gasteiger partial charge in [0.1, 0.15) is 11.8 Å². The highest BCUT2D eigenvalue weighted by Crippen LogP contribution is 2.37. The van der Waals surface area contributed by atoms with Crippen molar-refractivity contribution in [2.45, 2.75) is 6.04 Å². The summed E-state index contributed by atoms with van der Waals surface area (Å²) in [7, 11) is 0. The van der Waals surface area contributed by atoms with Crippen LogP contribution in [0.25, 0.3) is 10.8 Å². The summed E-state index contributed by atoms with van der Waals surface area (Å²) in [6, 6.07) is 31.6. The Bertz CT molecular complexity index is 1040. The number of hydrogen-bond donors (Lipinski definition) is 1. The molecule has 26 heavy (non-hydrogen) atoms. The lowest BCUT2D eigenvalue weighted by atomic mass is 9.93. The Balaban J connectivity index is 1.89. The minimum Gasteiger partial charge on any atom is -0.508 e. The van der Waals surface area contributed by atoms with E-state index in [4.69, 9.17) is 4.99 Å². The highest BCUT2D eigenvalue weighted by Gasteiger charge is 2.19. The van der Waals surface area contributed by atoms with Crippen molar-refractivity contribution in [2.24, 2.45) is 4.99 Å². The number of fused-ring (bicyclic) bond motifs is 1. The van der Waals surface area contributed by atoms with Crippen LogP contribution >= 0.6 is 0 Å². The van der Waals surface area contributed by atoms with Gasteiger partial charge in [0.15, 0.2) is 0 Å². The monoisotopic (exact) mass is 337 g/mol. The molecule has 0 aromatic heterocycles. The van der Waals surface area contributed by atoms with Gasteiger partial charge in [0, 0.05) is 11.8 Å². The van der Waals surface area contributed by atoms with Gasteiger partial charge in [0.2, 0.25) is 0 Å². The first-order valence-corrected chi connectivity index (χ1v) is 8.67. The van der Waals surface area contributed by atoms with Gasteiger partial charge < -0.3 is 5.11 Å². The summed E-state index contributed by atoms with van der Waals surface area (Å²) in [6.07, 6.45) is 1.87. The van der Waals surface area contributed by atoms with Crippen molar-refractivity contribution < 1.29 is 5.11 Å². The molecule has 2 heteroatoms. The van der Waals surface area contributed by atoms with Crippen molar-refractivity contribution in [1.29, 1.82) is 0 Å². The van der Waals surface area contributed by atoms with Gasteiger partial charge in [-0.3, -0.25) is 4.99 Å². The summed E-state index contributed by atoms with van der Waals surface area (Å²) >= 11 is 0. The van der Waals surface area contributed by atoms with Crippen LogP contribution in [0.4, 0.5) is 0 Å². The van der Waals surface area contributed by atoms with Gasteiger partial charge in [0.25, 0.3) is 0 Å². The zero-order valence-electron chi connectivity index (χ0n) is 14.3. The third-order valence-corrected chi connectivity index (χ3v) is 4.51. The average molecular weight is 337 g/mol. The van der Waals surface area contributed by atoms with Crippen LogP contribution in [0.2, 0.25) is 0 Å². The second-order valence-corrected chi connectivity index (χ2v) is 6.22. The Morgan fingerprint density at radius 3 is 2.12 bits per heavy atom.